The van der Waals surface area contributed by atoms with Crippen LogP contribution in [0.1, 0.15) is 24.0 Å². The standard InChI is InChI=1S/C24H31N5O/c1-25-24(28-15-13-27(14-16-28)22-9-3-2-4-10-22)26-18-20-7-5-8-21(17-20)19-29-12-6-11-23(29)30/h2-5,7-10,17H,6,11-16,18-19H2,1H3,(H,25,26). The summed E-state index contributed by atoms with van der Waals surface area (Å²) in [6, 6.07) is 19.1. The Morgan fingerprint density at radius 1 is 0.967 bits per heavy atom. The number of nitrogens with zero attached hydrogens (tertiary/aromatic N) is 4. The number of hydrogen-bond donors (Lipinski definition) is 1. The van der Waals surface area contributed by atoms with Crippen molar-refractivity contribution in [2.24, 2.45) is 4.99 Å². The molecule has 0 unspecified atom stereocenters. The summed E-state index contributed by atoms with van der Waals surface area (Å²) in [7, 11) is 1.85. The number of carbonyl (C=O) groups excluding carboxylic acids is 1. The van der Waals surface area contributed by atoms with Crippen molar-refractivity contribution in [3.05, 3.63) is 65.7 Å². The third-order valence-electron chi connectivity index (χ3n) is 5.90. The van der Waals surface area contributed by atoms with Gasteiger partial charge in [-0.05, 0) is 29.7 Å². The number of carbonyl (C=O) groups is 1. The molecule has 2 aliphatic heterocycles. The molecule has 2 aliphatic rings. The maximum absolute atomic E-state index is 11.9. The Bertz CT molecular complexity index is 874. The molecule has 2 aromatic rings. The van der Waals surface area contributed by atoms with E-state index in [-0.39, 0.29) is 5.91 Å². The smallest absolute Gasteiger partial charge is 0.222 e. The molecule has 0 radical (unpaired) electrons. The van der Waals surface area contributed by atoms with E-state index in [1.54, 1.807) is 0 Å². The molecule has 2 aromatic carbocycles. The SMILES string of the molecule is CN=C(NCc1cccc(CN2CCCC2=O)c1)N1CCN(c2ccccc2)CC1. The zero-order valence-corrected chi connectivity index (χ0v) is 17.8. The zero-order valence-electron chi connectivity index (χ0n) is 17.8. The van der Waals surface area contributed by atoms with E-state index in [0.717, 1.165) is 51.6 Å². The lowest BCUT2D eigenvalue weighted by atomic mass is 10.1. The second kappa shape index (κ2) is 9.65. The summed E-state index contributed by atoms with van der Waals surface area (Å²) in [6.45, 7) is 6.20. The van der Waals surface area contributed by atoms with Crippen molar-refractivity contribution in [1.82, 2.24) is 15.1 Å². The molecule has 2 saturated heterocycles. The van der Waals surface area contributed by atoms with Gasteiger partial charge in [0.25, 0.3) is 0 Å². The first-order valence-corrected chi connectivity index (χ1v) is 10.8. The Labute approximate surface area is 179 Å². The first kappa shape index (κ1) is 20.3. The fourth-order valence-electron chi connectivity index (χ4n) is 4.26. The van der Waals surface area contributed by atoms with E-state index >= 15 is 0 Å². The maximum atomic E-state index is 11.9. The van der Waals surface area contributed by atoms with E-state index < -0.39 is 0 Å². The van der Waals surface area contributed by atoms with Crippen molar-refractivity contribution in [2.45, 2.75) is 25.9 Å². The van der Waals surface area contributed by atoms with Gasteiger partial charge in [0.05, 0.1) is 0 Å². The van der Waals surface area contributed by atoms with Gasteiger partial charge in [-0.15, -0.1) is 0 Å². The molecule has 0 aromatic heterocycles. The number of amides is 1. The Balaban J connectivity index is 1.30. The fourth-order valence-corrected chi connectivity index (χ4v) is 4.26. The number of benzene rings is 2. The molecule has 0 bridgehead atoms. The Morgan fingerprint density at radius 2 is 1.73 bits per heavy atom. The summed E-state index contributed by atoms with van der Waals surface area (Å²) in [5, 5.41) is 3.52. The highest BCUT2D eigenvalue weighted by Crippen LogP contribution is 2.17. The molecule has 6 nitrogen and oxygen atoms in total. The molecule has 2 heterocycles. The average molecular weight is 406 g/mol. The number of likely N-dealkylation sites (tertiary alicyclic amines) is 1. The van der Waals surface area contributed by atoms with Gasteiger partial charge >= 0.3 is 0 Å². The topological polar surface area (TPSA) is 51.2 Å². The van der Waals surface area contributed by atoms with Crippen LogP contribution in [-0.2, 0) is 17.9 Å². The molecule has 0 aliphatic carbocycles. The predicted molar refractivity (Wildman–Crippen MR) is 122 cm³/mol. The quantitative estimate of drug-likeness (QED) is 0.614. The lowest BCUT2D eigenvalue weighted by molar-refractivity contribution is -0.128. The summed E-state index contributed by atoms with van der Waals surface area (Å²) < 4.78 is 0. The van der Waals surface area contributed by atoms with E-state index in [2.05, 4.69) is 74.7 Å². The third kappa shape index (κ3) is 4.93. The largest absolute Gasteiger partial charge is 0.368 e. The van der Waals surface area contributed by atoms with Crippen LogP contribution in [0.4, 0.5) is 5.69 Å². The fraction of sp³-hybridized carbons (Fsp3) is 0.417. The predicted octanol–water partition coefficient (Wildman–Crippen LogP) is 2.71. The molecule has 0 saturated carbocycles. The molecule has 4 rings (SSSR count). The van der Waals surface area contributed by atoms with Crippen LogP contribution in [0.25, 0.3) is 0 Å². The van der Waals surface area contributed by atoms with Gasteiger partial charge in [-0.2, -0.15) is 0 Å². The number of rotatable bonds is 5. The van der Waals surface area contributed by atoms with Gasteiger partial charge in [0.2, 0.25) is 5.91 Å². The van der Waals surface area contributed by atoms with Gasteiger partial charge in [-0.1, -0.05) is 42.5 Å². The van der Waals surface area contributed by atoms with E-state index in [4.69, 9.17) is 0 Å². The number of nitrogens with one attached hydrogen (secondary N) is 1. The number of hydrogen-bond acceptors (Lipinski definition) is 3. The highest BCUT2D eigenvalue weighted by atomic mass is 16.2. The highest BCUT2D eigenvalue weighted by molar-refractivity contribution is 5.80. The van der Waals surface area contributed by atoms with Crippen LogP contribution >= 0.6 is 0 Å². The monoisotopic (exact) mass is 405 g/mol. The second-order valence-corrected chi connectivity index (χ2v) is 7.95. The van der Waals surface area contributed by atoms with E-state index in [1.165, 1.54) is 16.8 Å². The van der Waals surface area contributed by atoms with Crippen molar-refractivity contribution in [2.75, 3.05) is 44.7 Å². The van der Waals surface area contributed by atoms with Crippen LogP contribution in [0.3, 0.4) is 0 Å². The molecule has 30 heavy (non-hydrogen) atoms. The van der Waals surface area contributed by atoms with Gasteiger partial charge in [0.15, 0.2) is 5.96 Å². The molecule has 1 amide bonds. The Hall–Kier alpha value is -3.02. The molecule has 6 heteroatoms. The summed E-state index contributed by atoms with van der Waals surface area (Å²) in [4.78, 5) is 23.1. The number of piperazine rings is 1. The van der Waals surface area contributed by atoms with E-state index in [1.807, 2.05) is 11.9 Å². The summed E-state index contributed by atoms with van der Waals surface area (Å²) in [5.41, 5.74) is 3.69. The molecule has 2 fully saturated rings. The third-order valence-corrected chi connectivity index (χ3v) is 5.90. The zero-order chi connectivity index (χ0) is 20.8. The van der Waals surface area contributed by atoms with Crippen LogP contribution in [-0.4, -0.2) is 61.4 Å². The Kier molecular flexibility index (Phi) is 6.52. The summed E-state index contributed by atoms with van der Waals surface area (Å²) in [5.74, 6) is 1.22. The number of guanidine groups is 1. The lowest BCUT2D eigenvalue weighted by Gasteiger charge is -2.37. The van der Waals surface area contributed by atoms with E-state index in [0.29, 0.717) is 13.0 Å². The van der Waals surface area contributed by atoms with Crippen molar-refractivity contribution in [3.63, 3.8) is 0 Å². The van der Waals surface area contributed by atoms with Crippen molar-refractivity contribution < 1.29 is 4.79 Å². The lowest BCUT2D eigenvalue weighted by Crippen LogP contribution is -2.52. The van der Waals surface area contributed by atoms with Crippen molar-refractivity contribution in [3.8, 4) is 0 Å². The number of aliphatic imine (C=N–C) groups is 1. The number of para-hydroxylation sites is 1. The van der Waals surface area contributed by atoms with Crippen molar-refractivity contribution >= 4 is 17.6 Å². The minimum absolute atomic E-state index is 0.272. The maximum Gasteiger partial charge on any atom is 0.222 e. The molecular formula is C24H31N5O. The molecule has 1 N–H and O–H groups in total. The van der Waals surface area contributed by atoms with Gasteiger partial charge in [-0.25, -0.2) is 0 Å². The highest BCUT2D eigenvalue weighted by Gasteiger charge is 2.21. The van der Waals surface area contributed by atoms with Gasteiger partial charge in [0, 0.05) is 65.0 Å². The van der Waals surface area contributed by atoms with Gasteiger partial charge < -0.3 is 20.0 Å². The van der Waals surface area contributed by atoms with Gasteiger partial charge in [0.1, 0.15) is 0 Å². The van der Waals surface area contributed by atoms with Crippen molar-refractivity contribution in [1.29, 1.82) is 0 Å². The Morgan fingerprint density at radius 3 is 2.43 bits per heavy atom. The summed E-state index contributed by atoms with van der Waals surface area (Å²) >= 11 is 0. The summed E-state index contributed by atoms with van der Waals surface area (Å²) in [6.07, 6.45) is 1.67. The van der Waals surface area contributed by atoms with Gasteiger partial charge in [-0.3, -0.25) is 9.79 Å². The minimum Gasteiger partial charge on any atom is -0.368 e. The average Bonchev–Trinajstić information content (AvgIpc) is 3.20. The van der Waals surface area contributed by atoms with E-state index in [9.17, 15) is 4.79 Å². The second-order valence-electron chi connectivity index (χ2n) is 7.95. The molecule has 0 spiro atoms. The van der Waals surface area contributed by atoms with Crippen LogP contribution < -0.4 is 10.2 Å². The molecular weight excluding hydrogens is 374 g/mol. The number of anilines is 1. The van der Waals surface area contributed by atoms with Crippen LogP contribution in [0.2, 0.25) is 0 Å². The van der Waals surface area contributed by atoms with Crippen LogP contribution in [0, 0.1) is 0 Å². The molecule has 0 atom stereocenters. The molecule has 158 valence electrons. The first-order valence-electron chi connectivity index (χ1n) is 10.8. The normalized spacial score (nSPS) is 17.6. The van der Waals surface area contributed by atoms with Crippen LogP contribution in [0.15, 0.2) is 59.6 Å². The first-order chi connectivity index (χ1) is 14.7. The van der Waals surface area contributed by atoms with Crippen LogP contribution in [0.5, 0.6) is 0 Å². The minimum atomic E-state index is 0.272.